The predicted octanol–water partition coefficient (Wildman–Crippen LogP) is 2.22. The molecule has 112 valence electrons. The molecule has 3 rings (SSSR count). The van der Waals surface area contributed by atoms with Gasteiger partial charge >= 0.3 is 0 Å². The van der Waals surface area contributed by atoms with Crippen LogP contribution in [-0.2, 0) is 9.53 Å². The maximum Gasteiger partial charge on any atom is 0.248 e. The van der Waals surface area contributed by atoms with Gasteiger partial charge in [-0.2, -0.15) is 0 Å². The number of hydrogen-bond donors (Lipinski definition) is 1. The molecule has 0 bridgehead atoms. The number of ether oxygens (including phenoxy) is 1. The quantitative estimate of drug-likeness (QED) is 0.941. The summed E-state index contributed by atoms with van der Waals surface area (Å²) in [7, 11) is 1.56. The minimum Gasteiger partial charge on any atom is -0.375 e. The van der Waals surface area contributed by atoms with E-state index in [-0.39, 0.29) is 12.5 Å². The highest BCUT2D eigenvalue weighted by Gasteiger charge is 2.25. The van der Waals surface area contributed by atoms with E-state index in [4.69, 9.17) is 9.72 Å². The molecule has 0 unspecified atom stereocenters. The molecule has 1 saturated heterocycles. The minimum absolute atomic E-state index is 0.0798. The van der Waals surface area contributed by atoms with Crippen molar-refractivity contribution in [2.75, 3.05) is 26.8 Å². The first-order chi connectivity index (χ1) is 10.2. The number of aromatic nitrogens is 2. The van der Waals surface area contributed by atoms with Crippen LogP contribution in [0.2, 0.25) is 0 Å². The number of H-pyrrole nitrogens is 1. The van der Waals surface area contributed by atoms with E-state index in [1.165, 1.54) is 5.56 Å². The summed E-state index contributed by atoms with van der Waals surface area (Å²) >= 11 is 0. The van der Waals surface area contributed by atoms with E-state index < -0.39 is 0 Å². The fraction of sp³-hybridized carbons (Fsp3) is 0.500. The van der Waals surface area contributed by atoms with Crippen LogP contribution in [0.15, 0.2) is 18.2 Å². The van der Waals surface area contributed by atoms with Crippen molar-refractivity contribution in [2.45, 2.75) is 25.7 Å². The average Bonchev–Trinajstić information content (AvgIpc) is 2.90. The van der Waals surface area contributed by atoms with Gasteiger partial charge in [0.2, 0.25) is 5.91 Å². The number of benzene rings is 1. The second kappa shape index (κ2) is 5.85. The van der Waals surface area contributed by atoms with Gasteiger partial charge in [-0.05, 0) is 37.5 Å². The largest absolute Gasteiger partial charge is 0.375 e. The fourth-order valence-corrected chi connectivity index (χ4v) is 2.95. The first-order valence-corrected chi connectivity index (χ1v) is 7.40. The van der Waals surface area contributed by atoms with Gasteiger partial charge in [0, 0.05) is 26.1 Å². The summed E-state index contributed by atoms with van der Waals surface area (Å²) in [4.78, 5) is 21.8. The van der Waals surface area contributed by atoms with Gasteiger partial charge in [0.25, 0.3) is 0 Å². The molecule has 0 aliphatic carbocycles. The summed E-state index contributed by atoms with van der Waals surface area (Å²) in [6.07, 6.45) is 1.91. The molecule has 1 aliphatic heterocycles. The topological polar surface area (TPSA) is 58.2 Å². The molecular formula is C16H21N3O2. The molecule has 0 saturated carbocycles. The van der Waals surface area contributed by atoms with Gasteiger partial charge < -0.3 is 14.6 Å². The van der Waals surface area contributed by atoms with E-state index in [0.717, 1.165) is 42.8 Å². The van der Waals surface area contributed by atoms with Crippen LogP contribution in [0.1, 0.15) is 30.1 Å². The second-order valence-electron chi connectivity index (χ2n) is 5.73. The summed E-state index contributed by atoms with van der Waals surface area (Å²) in [5.74, 6) is 1.54. The third kappa shape index (κ3) is 2.93. The van der Waals surface area contributed by atoms with Crippen molar-refractivity contribution >= 4 is 16.9 Å². The van der Waals surface area contributed by atoms with Crippen molar-refractivity contribution in [1.29, 1.82) is 0 Å². The van der Waals surface area contributed by atoms with E-state index in [9.17, 15) is 4.79 Å². The van der Waals surface area contributed by atoms with Crippen molar-refractivity contribution in [3.63, 3.8) is 0 Å². The molecule has 1 N–H and O–H groups in total. The molecule has 0 radical (unpaired) electrons. The number of amides is 1. The lowest BCUT2D eigenvalue weighted by molar-refractivity contribution is -0.136. The number of piperidine rings is 1. The maximum absolute atomic E-state index is 11.8. The summed E-state index contributed by atoms with van der Waals surface area (Å²) in [5, 5.41) is 0. The van der Waals surface area contributed by atoms with Crippen LogP contribution in [0.4, 0.5) is 0 Å². The van der Waals surface area contributed by atoms with Crippen LogP contribution < -0.4 is 0 Å². The second-order valence-corrected chi connectivity index (χ2v) is 5.73. The normalized spacial score (nSPS) is 16.6. The Hall–Kier alpha value is -1.88. The summed E-state index contributed by atoms with van der Waals surface area (Å²) < 4.78 is 4.91. The number of fused-ring (bicyclic) bond motifs is 1. The van der Waals surface area contributed by atoms with Crippen molar-refractivity contribution in [1.82, 2.24) is 14.9 Å². The lowest BCUT2D eigenvalue weighted by Crippen LogP contribution is -2.39. The van der Waals surface area contributed by atoms with Crippen molar-refractivity contribution in [3.8, 4) is 0 Å². The zero-order valence-corrected chi connectivity index (χ0v) is 12.6. The average molecular weight is 287 g/mol. The highest BCUT2D eigenvalue weighted by atomic mass is 16.5. The van der Waals surface area contributed by atoms with Crippen molar-refractivity contribution < 1.29 is 9.53 Å². The van der Waals surface area contributed by atoms with Crippen LogP contribution in [0.5, 0.6) is 0 Å². The number of imidazole rings is 1. The number of carbonyl (C=O) groups excluding carboxylic acids is 1. The smallest absolute Gasteiger partial charge is 0.248 e. The summed E-state index contributed by atoms with van der Waals surface area (Å²) in [6, 6.07) is 6.27. The van der Waals surface area contributed by atoms with Crippen LogP contribution >= 0.6 is 0 Å². The molecule has 2 aromatic rings. The van der Waals surface area contributed by atoms with Crippen molar-refractivity contribution in [2.24, 2.45) is 0 Å². The molecule has 0 atom stereocenters. The SMILES string of the molecule is COCC(=O)N1CCC(c2nc3ccc(C)cc3[nH]2)CC1. The first-order valence-electron chi connectivity index (χ1n) is 7.40. The molecule has 1 fully saturated rings. The Bertz CT molecular complexity index is 642. The molecule has 21 heavy (non-hydrogen) atoms. The Kier molecular flexibility index (Phi) is 3.92. The van der Waals surface area contributed by atoms with Crippen LogP contribution in [0.25, 0.3) is 11.0 Å². The number of nitrogens with zero attached hydrogens (tertiary/aromatic N) is 2. The lowest BCUT2D eigenvalue weighted by atomic mass is 9.96. The molecule has 1 amide bonds. The third-order valence-electron chi connectivity index (χ3n) is 4.16. The predicted molar refractivity (Wildman–Crippen MR) is 81.3 cm³/mol. The van der Waals surface area contributed by atoms with Gasteiger partial charge in [0.05, 0.1) is 11.0 Å². The number of methoxy groups -OCH3 is 1. The fourth-order valence-electron chi connectivity index (χ4n) is 2.95. The van der Waals surface area contributed by atoms with Crippen LogP contribution in [-0.4, -0.2) is 47.6 Å². The van der Waals surface area contributed by atoms with E-state index in [1.807, 2.05) is 4.90 Å². The Morgan fingerprint density at radius 2 is 2.19 bits per heavy atom. The van der Waals surface area contributed by atoms with Gasteiger partial charge in [0.1, 0.15) is 12.4 Å². The molecule has 5 nitrogen and oxygen atoms in total. The summed E-state index contributed by atoms with van der Waals surface area (Å²) in [6.45, 7) is 3.82. The molecule has 2 heterocycles. The van der Waals surface area contributed by atoms with Gasteiger partial charge in [-0.25, -0.2) is 4.98 Å². The highest BCUT2D eigenvalue weighted by Crippen LogP contribution is 2.28. The molecule has 1 aliphatic rings. The summed E-state index contributed by atoms with van der Waals surface area (Å²) in [5.41, 5.74) is 3.36. The highest BCUT2D eigenvalue weighted by molar-refractivity contribution is 5.77. The first kappa shape index (κ1) is 14.1. The Balaban J connectivity index is 1.69. The molecular weight excluding hydrogens is 266 g/mol. The van der Waals surface area contributed by atoms with Gasteiger partial charge in [-0.1, -0.05) is 6.07 Å². The minimum atomic E-state index is 0.0798. The Labute approximate surface area is 124 Å². The number of carbonyl (C=O) groups is 1. The van der Waals surface area contributed by atoms with E-state index in [0.29, 0.717) is 5.92 Å². The number of aromatic amines is 1. The van der Waals surface area contributed by atoms with Gasteiger partial charge in [-0.15, -0.1) is 0 Å². The number of likely N-dealkylation sites (tertiary alicyclic amines) is 1. The molecule has 0 spiro atoms. The van der Waals surface area contributed by atoms with Crippen LogP contribution in [0, 0.1) is 6.92 Å². The number of aryl methyl sites for hydroxylation is 1. The number of hydrogen-bond acceptors (Lipinski definition) is 3. The third-order valence-corrected chi connectivity index (χ3v) is 4.16. The maximum atomic E-state index is 11.8. The lowest BCUT2D eigenvalue weighted by Gasteiger charge is -2.30. The van der Waals surface area contributed by atoms with E-state index >= 15 is 0 Å². The Morgan fingerprint density at radius 3 is 2.90 bits per heavy atom. The van der Waals surface area contributed by atoms with E-state index in [2.05, 4.69) is 30.1 Å². The molecule has 1 aromatic carbocycles. The van der Waals surface area contributed by atoms with Crippen LogP contribution in [0.3, 0.4) is 0 Å². The number of nitrogens with one attached hydrogen (secondary N) is 1. The van der Waals surface area contributed by atoms with Gasteiger partial charge in [0.15, 0.2) is 0 Å². The zero-order valence-electron chi connectivity index (χ0n) is 12.6. The molecule has 5 heteroatoms. The standard InChI is InChI=1S/C16H21N3O2/c1-11-3-4-13-14(9-11)18-16(17-13)12-5-7-19(8-6-12)15(20)10-21-2/h3-4,9,12H,5-8,10H2,1-2H3,(H,17,18). The zero-order chi connectivity index (χ0) is 14.8. The van der Waals surface area contributed by atoms with Crippen molar-refractivity contribution in [3.05, 3.63) is 29.6 Å². The van der Waals surface area contributed by atoms with E-state index in [1.54, 1.807) is 7.11 Å². The Morgan fingerprint density at radius 1 is 1.43 bits per heavy atom. The number of rotatable bonds is 3. The van der Waals surface area contributed by atoms with Gasteiger partial charge in [-0.3, -0.25) is 4.79 Å². The monoisotopic (exact) mass is 287 g/mol. The molecule has 1 aromatic heterocycles.